The quantitative estimate of drug-likeness (QED) is 0.563. The lowest BCUT2D eigenvalue weighted by molar-refractivity contribution is -0.127. The summed E-state index contributed by atoms with van der Waals surface area (Å²) < 4.78 is 26.3. The number of halogens is 2. The number of anilines is 2. The minimum atomic E-state index is -0.567. The molecule has 0 bridgehead atoms. The van der Waals surface area contributed by atoms with Crippen LogP contribution in [0.1, 0.15) is 12.8 Å². The number of likely N-dealkylation sites (tertiary alicyclic amines) is 1. The molecule has 0 unspecified atom stereocenters. The molecule has 10 heteroatoms. The number of rotatable bonds is 6. The molecule has 4 rings (SSSR count). The van der Waals surface area contributed by atoms with Gasteiger partial charge in [-0.05, 0) is 31.7 Å². The third-order valence-corrected chi connectivity index (χ3v) is 6.08. The molecule has 8 nitrogen and oxygen atoms in total. The van der Waals surface area contributed by atoms with Gasteiger partial charge in [-0.3, -0.25) is 9.69 Å². The molecule has 1 aliphatic rings. The predicted octanol–water partition coefficient (Wildman–Crippen LogP) is 3.76. The third kappa shape index (κ3) is 4.79. The highest BCUT2D eigenvalue weighted by Crippen LogP contribution is 2.37. The number of amides is 1. The summed E-state index contributed by atoms with van der Waals surface area (Å²) in [5.41, 5.74) is 0.801. The molecule has 2 heterocycles. The molecule has 0 saturated carbocycles. The lowest BCUT2D eigenvalue weighted by Gasteiger charge is -2.36. The number of likely N-dealkylation sites (N-methyl/N-ethyl adjacent to an activating group) is 2. The number of aromatic nitrogens is 2. The van der Waals surface area contributed by atoms with Crippen LogP contribution in [0.4, 0.5) is 15.9 Å². The van der Waals surface area contributed by atoms with Crippen LogP contribution in [0.5, 0.6) is 11.5 Å². The molecule has 0 spiro atoms. The van der Waals surface area contributed by atoms with Gasteiger partial charge in [-0.25, -0.2) is 14.4 Å². The number of methoxy groups -OCH3 is 1. The summed E-state index contributed by atoms with van der Waals surface area (Å²) in [6.07, 6.45) is 2.51. The molecule has 0 aliphatic carbocycles. The second-order valence-corrected chi connectivity index (χ2v) is 8.25. The van der Waals surface area contributed by atoms with Gasteiger partial charge in [0.2, 0.25) is 5.91 Å². The maximum Gasteiger partial charge on any atom is 0.237 e. The van der Waals surface area contributed by atoms with E-state index in [0.29, 0.717) is 34.6 Å². The topological polar surface area (TPSA) is 88.6 Å². The Kier molecular flexibility index (Phi) is 6.80. The van der Waals surface area contributed by atoms with Gasteiger partial charge in [0.25, 0.3) is 0 Å². The lowest BCUT2D eigenvalue weighted by atomic mass is 9.99. The number of carbonyl (C=O) groups excluding carboxylic acids is 1. The van der Waals surface area contributed by atoms with Crippen LogP contribution in [-0.4, -0.2) is 60.7 Å². The minimum absolute atomic E-state index is 0.0111. The van der Waals surface area contributed by atoms with E-state index in [-0.39, 0.29) is 28.8 Å². The van der Waals surface area contributed by atoms with Crippen LogP contribution in [0.25, 0.3) is 10.9 Å². The summed E-state index contributed by atoms with van der Waals surface area (Å²) >= 11 is 5.91. The summed E-state index contributed by atoms with van der Waals surface area (Å²) in [6.45, 7) is 0.725. The van der Waals surface area contributed by atoms with E-state index in [1.165, 1.54) is 12.4 Å². The molecule has 1 amide bonds. The number of carbonyl (C=O) groups is 1. The van der Waals surface area contributed by atoms with E-state index in [4.69, 9.17) is 21.1 Å². The number of ether oxygens (including phenoxy) is 2. The number of benzene rings is 2. The molecule has 3 aromatic rings. The Bertz CT molecular complexity index is 1180. The Morgan fingerprint density at radius 2 is 2.09 bits per heavy atom. The SMILES string of the molecule is CNC(=O)[C@@H]1C[C@H](Oc2cc3c(Nc4cccc(Cl)c4F)ncnc3cc2OC)CCN1C. The molecule has 33 heavy (non-hydrogen) atoms. The fraction of sp³-hybridized carbons (Fsp3) is 0.348. The molecule has 2 aromatic carbocycles. The second-order valence-electron chi connectivity index (χ2n) is 7.84. The zero-order valence-electron chi connectivity index (χ0n) is 18.6. The average molecular weight is 474 g/mol. The van der Waals surface area contributed by atoms with E-state index in [1.807, 2.05) is 11.9 Å². The Morgan fingerprint density at radius 3 is 2.85 bits per heavy atom. The van der Waals surface area contributed by atoms with Crippen molar-refractivity contribution in [2.45, 2.75) is 25.0 Å². The Morgan fingerprint density at radius 1 is 1.27 bits per heavy atom. The van der Waals surface area contributed by atoms with Gasteiger partial charge in [-0.1, -0.05) is 17.7 Å². The van der Waals surface area contributed by atoms with E-state index in [9.17, 15) is 9.18 Å². The summed E-state index contributed by atoms with van der Waals surface area (Å²) in [5.74, 6) is 0.804. The van der Waals surface area contributed by atoms with Crippen molar-refractivity contribution in [2.24, 2.45) is 0 Å². The molecular weight excluding hydrogens is 449 g/mol. The first-order chi connectivity index (χ1) is 15.9. The summed E-state index contributed by atoms with van der Waals surface area (Å²) in [4.78, 5) is 22.9. The smallest absolute Gasteiger partial charge is 0.237 e. The minimum Gasteiger partial charge on any atom is -0.493 e. The number of fused-ring (bicyclic) bond motifs is 1. The molecule has 2 atom stereocenters. The van der Waals surface area contributed by atoms with Gasteiger partial charge >= 0.3 is 0 Å². The molecule has 1 fully saturated rings. The fourth-order valence-corrected chi connectivity index (χ4v) is 4.13. The van der Waals surface area contributed by atoms with E-state index < -0.39 is 5.82 Å². The Balaban J connectivity index is 1.66. The van der Waals surface area contributed by atoms with Gasteiger partial charge in [-0.2, -0.15) is 0 Å². The van der Waals surface area contributed by atoms with E-state index in [2.05, 4.69) is 20.6 Å². The van der Waals surface area contributed by atoms with Gasteiger partial charge < -0.3 is 20.1 Å². The fourth-order valence-electron chi connectivity index (χ4n) is 3.95. The first-order valence-electron chi connectivity index (χ1n) is 10.5. The van der Waals surface area contributed by atoms with Gasteiger partial charge in [-0.15, -0.1) is 0 Å². The van der Waals surface area contributed by atoms with Crippen molar-refractivity contribution in [1.82, 2.24) is 20.2 Å². The number of hydrogen-bond acceptors (Lipinski definition) is 7. The van der Waals surface area contributed by atoms with Crippen LogP contribution in [0.2, 0.25) is 5.02 Å². The van der Waals surface area contributed by atoms with E-state index in [1.54, 1.807) is 38.4 Å². The number of hydrogen-bond donors (Lipinski definition) is 2. The van der Waals surface area contributed by atoms with Crippen LogP contribution in [-0.2, 0) is 4.79 Å². The number of nitrogens with one attached hydrogen (secondary N) is 2. The maximum absolute atomic E-state index is 14.4. The second kappa shape index (κ2) is 9.76. The average Bonchev–Trinajstić information content (AvgIpc) is 2.82. The molecule has 174 valence electrons. The highest BCUT2D eigenvalue weighted by molar-refractivity contribution is 6.31. The Labute approximate surface area is 196 Å². The van der Waals surface area contributed by atoms with Crippen molar-refractivity contribution in [1.29, 1.82) is 0 Å². The predicted molar refractivity (Wildman–Crippen MR) is 125 cm³/mol. The van der Waals surface area contributed by atoms with Crippen molar-refractivity contribution >= 4 is 39.9 Å². The molecular formula is C23H25ClFN5O3. The molecule has 1 saturated heterocycles. The highest BCUT2D eigenvalue weighted by atomic mass is 35.5. The standard InChI is InChI=1S/C23H25ClFN5O3/c1-26-23(31)18-9-13(7-8-30(18)2)33-20-10-14-17(11-19(20)32-3)27-12-28-22(14)29-16-6-4-5-15(24)21(16)25/h4-6,10-13,18H,7-9H2,1-3H3,(H,26,31)(H,27,28,29)/t13-,18+/m1/s1. The van der Waals surface area contributed by atoms with Crippen LogP contribution in [0, 0.1) is 5.82 Å². The van der Waals surface area contributed by atoms with Gasteiger partial charge in [0.05, 0.1) is 29.4 Å². The lowest BCUT2D eigenvalue weighted by Crippen LogP contribution is -2.51. The number of piperidine rings is 1. The zero-order valence-corrected chi connectivity index (χ0v) is 19.3. The van der Waals surface area contributed by atoms with Crippen LogP contribution >= 0.6 is 11.6 Å². The first-order valence-corrected chi connectivity index (χ1v) is 10.9. The Hall–Kier alpha value is -3.17. The monoisotopic (exact) mass is 473 g/mol. The summed E-state index contributed by atoms with van der Waals surface area (Å²) in [7, 11) is 5.11. The van der Waals surface area contributed by atoms with Crippen molar-refractivity contribution in [3.63, 3.8) is 0 Å². The molecule has 1 aliphatic heterocycles. The van der Waals surface area contributed by atoms with Gasteiger partial charge in [0, 0.05) is 31.5 Å². The van der Waals surface area contributed by atoms with E-state index >= 15 is 0 Å². The highest BCUT2D eigenvalue weighted by Gasteiger charge is 2.32. The normalized spacial score (nSPS) is 18.7. The molecule has 0 radical (unpaired) electrons. The van der Waals surface area contributed by atoms with Crippen LogP contribution in [0.3, 0.4) is 0 Å². The largest absolute Gasteiger partial charge is 0.493 e. The van der Waals surface area contributed by atoms with Crippen LogP contribution < -0.4 is 20.1 Å². The summed E-state index contributed by atoms with van der Waals surface area (Å²) in [5, 5.41) is 6.34. The maximum atomic E-state index is 14.4. The zero-order chi connectivity index (χ0) is 23.5. The van der Waals surface area contributed by atoms with E-state index in [0.717, 1.165) is 13.0 Å². The third-order valence-electron chi connectivity index (χ3n) is 5.79. The van der Waals surface area contributed by atoms with Crippen molar-refractivity contribution in [3.05, 3.63) is 47.5 Å². The van der Waals surface area contributed by atoms with Crippen molar-refractivity contribution in [2.75, 3.05) is 33.1 Å². The van der Waals surface area contributed by atoms with Crippen molar-refractivity contribution < 1.29 is 18.7 Å². The molecule has 2 N–H and O–H groups in total. The van der Waals surface area contributed by atoms with Gasteiger partial charge in [0.15, 0.2) is 17.3 Å². The molecule has 1 aromatic heterocycles. The van der Waals surface area contributed by atoms with Crippen molar-refractivity contribution in [3.8, 4) is 11.5 Å². The van der Waals surface area contributed by atoms with Crippen LogP contribution in [0.15, 0.2) is 36.7 Å². The number of nitrogens with zero attached hydrogens (tertiary/aromatic N) is 3. The first kappa shape index (κ1) is 23.0. The summed E-state index contributed by atoms with van der Waals surface area (Å²) in [6, 6.07) is 7.95. The van der Waals surface area contributed by atoms with Gasteiger partial charge in [0.1, 0.15) is 18.2 Å².